The minimum Gasteiger partial charge on any atom is -0.484 e. The largest absolute Gasteiger partial charge is 0.484 e. The van der Waals surface area contributed by atoms with Crippen LogP contribution in [0.25, 0.3) is 0 Å². The minimum atomic E-state index is -0.732. The summed E-state index contributed by atoms with van der Waals surface area (Å²) in [5.41, 5.74) is -0.0236. The Hall–Kier alpha value is -2.08. The first-order chi connectivity index (χ1) is 13.5. The van der Waals surface area contributed by atoms with Crippen molar-refractivity contribution in [2.45, 2.75) is 58.0 Å². The van der Waals surface area contributed by atoms with Gasteiger partial charge >= 0.3 is 0 Å². The van der Waals surface area contributed by atoms with Gasteiger partial charge in [0.15, 0.2) is 6.61 Å². The molecule has 1 N–H and O–H groups in total. The number of nitrogens with one attached hydrogen (secondary N) is 1. The van der Waals surface area contributed by atoms with Crippen molar-refractivity contribution in [1.29, 1.82) is 0 Å². The molecule has 1 aliphatic carbocycles. The number of amides is 2. The average molecular weight is 389 g/mol. The van der Waals surface area contributed by atoms with E-state index in [-0.39, 0.29) is 18.4 Å². The Morgan fingerprint density at radius 1 is 1.18 bits per heavy atom. The van der Waals surface area contributed by atoms with E-state index in [1.54, 1.807) is 24.3 Å². The van der Waals surface area contributed by atoms with Crippen LogP contribution in [0.5, 0.6) is 5.75 Å². The smallest absolute Gasteiger partial charge is 0.260 e. The standard InChI is InChI=1S/C22H32N2O4/c1-3-28-22(12-6-7-17(2)15-22)21(26)23-18-8-10-19(11-9-18)27-16-20(25)24-13-4-5-14-24/h8-11,17H,3-7,12-16H2,1-2H3,(H,23,26)/t17-,22-/m1/s1. The summed E-state index contributed by atoms with van der Waals surface area (Å²) >= 11 is 0. The van der Waals surface area contributed by atoms with Gasteiger partial charge in [0.25, 0.3) is 11.8 Å². The molecule has 0 unspecified atom stereocenters. The molecule has 28 heavy (non-hydrogen) atoms. The molecule has 6 nitrogen and oxygen atoms in total. The van der Waals surface area contributed by atoms with E-state index in [1.807, 2.05) is 11.8 Å². The summed E-state index contributed by atoms with van der Waals surface area (Å²) in [6.07, 6.45) is 5.81. The van der Waals surface area contributed by atoms with Crippen LogP contribution >= 0.6 is 0 Å². The number of benzene rings is 1. The van der Waals surface area contributed by atoms with Crippen molar-refractivity contribution >= 4 is 17.5 Å². The molecule has 0 bridgehead atoms. The van der Waals surface area contributed by atoms with Gasteiger partial charge in [-0.05, 0) is 69.2 Å². The molecule has 0 spiro atoms. The normalized spacial score (nSPS) is 24.8. The number of anilines is 1. The number of rotatable bonds is 7. The van der Waals surface area contributed by atoms with Crippen LogP contribution in [0.15, 0.2) is 24.3 Å². The van der Waals surface area contributed by atoms with Gasteiger partial charge in [-0.25, -0.2) is 0 Å². The summed E-state index contributed by atoms with van der Waals surface area (Å²) in [6.45, 7) is 6.34. The van der Waals surface area contributed by atoms with Gasteiger partial charge in [0, 0.05) is 25.4 Å². The molecule has 2 atom stereocenters. The van der Waals surface area contributed by atoms with Crippen LogP contribution in [-0.2, 0) is 14.3 Å². The van der Waals surface area contributed by atoms with Crippen LogP contribution in [0.1, 0.15) is 52.4 Å². The van der Waals surface area contributed by atoms with Crippen molar-refractivity contribution in [3.8, 4) is 5.75 Å². The molecule has 3 rings (SSSR count). The Morgan fingerprint density at radius 3 is 2.54 bits per heavy atom. The van der Waals surface area contributed by atoms with Crippen molar-refractivity contribution < 1.29 is 19.1 Å². The quantitative estimate of drug-likeness (QED) is 0.775. The molecule has 154 valence electrons. The molecule has 1 saturated heterocycles. The first-order valence-electron chi connectivity index (χ1n) is 10.5. The van der Waals surface area contributed by atoms with Crippen molar-refractivity contribution in [2.75, 3.05) is 31.6 Å². The van der Waals surface area contributed by atoms with Gasteiger partial charge in [-0.15, -0.1) is 0 Å². The van der Waals surface area contributed by atoms with Crippen LogP contribution < -0.4 is 10.1 Å². The van der Waals surface area contributed by atoms with Crippen molar-refractivity contribution in [1.82, 2.24) is 4.90 Å². The van der Waals surface area contributed by atoms with Crippen LogP contribution in [0.3, 0.4) is 0 Å². The zero-order valence-corrected chi connectivity index (χ0v) is 17.0. The maximum absolute atomic E-state index is 13.0. The van der Waals surface area contributed by atoms with E-state index < -0.39 is 5.60 Å². The summed E-state index contributed by atoms with van der Waals surface area (Å²) in [7, 11) is 0. The van der Waals surface area contributed by atoms with Crippen molar-refractivity contribution in [3.63, 3.8) is 0 Å². The molecule has 0 aromatic heterocycles. The van der Waals surface area contributed by atoms with Gasteiger partial charge < -0.3 is 19.7 Å². The Bertz CT molecular complexity index is 666. The third-order valence-corrected chi connectivity index (χ3v) is 5.72. The van der Waals surface area contributed by atoms with E-state index in [0.717, 1.165) is 51.6 Å². The molecule has 2 fully saturated rings. The average Bonchev–Trinajstić information content (AvgIpc) is 3.22. The molecule has 1 saturated carbocycles. The van der Waals surface area contributed by atoms with Crippen LogP contribution in [0.4, 0.5) is 5.69 Å². The number of hydrogen-bond acceptors (Lipinski definition) is 4. The summed E-state index contributed by atoms with van der Waals surface area (Å²) < 4.78 is 11.5. The van der Waals surface area contributed by atoms with Gasteiger partial charge in [0.05, 0.1) is 0 Å². The van der Waals surface area contributed by atoms with Gasteiger partial charge in [0.2, 0.25) is 0 Å². The summed E-state index contributed by atoms with van der Waals surface area (Å²) in [5, 5.41) is 3.00. The first kappa shape index (κ1) is 20.6. The number of carbonyl (C=O) groups excluding carboxylic acids is 2. The lowest BCUT2D eigenvalue weighted by molar-refractivity contribution is -0.147. The Kier molecular flexibility index (Phi) is 6.94. The molecular formula is C22H32N2O4. The number of likely N-dealkylation sites (tertiary alicyclic amines) is 1. The molecule has 1 aromatic carbocycles. The summed E-state index contributed by atoms with van der Waals surface area (Å²) in [5.74, 6) is 1.06. The van der Waals surface area contributed by atoms with E-state index in [9.17, 15) is 9.59 Å². The van der Waals surface area contributed by atoms with E-state index in [1.165, 1.54) is 0 Å². The number of hydrogen-bond donors (Lipinski definition) is 1. The third-order valence-electron chi connectivity index (χ3n) is 5.72. The molecule has 1 aromatic rings. The Labute approximate surface area is 167 Å². The molecule has 1 heterocycles. The molecule has 1 aliphatic heterocycles. The predicted octanol–water partition coefficient (Wildman–Crippen LogP) is 3.61. The highest BCUT2D eigenvalue weighted by Gasteiger charge is 2.42. The fraction of sp³-hybridized carbons (Fsp3) is 0.636. The molecule has 0 radical (unpaired) electrons. The minimum absolute atomic E-state index is 0.0277. The zero-order chi connectivity index (χ0) is 20.0. The van der Waals surface area contributed by atoms with Gasteiger partial charge in [0.1, 0.15) is 11.4 Å². The van der Waals surface area contributed by atoms with E-state index in [4.69, 9.17) is 9.47 Å². The van der Waals surface area contributed by atoms with Gasteiger partial charge in [-0.1, -0.05) is 13.3 Å². The zero-order valence-electron chi connectivity index (χ0n) is 17.0. The SMILES string of the molecule is CCO[C@]1(C(=O)Nc2ccc(OCC(=O)N3CCCC3)cc2)CCC[C@@H](C)C1. The monoisotopic (exact) mass is 388 g/mol. The van der Waals surface area contributed by atoms with Gasteiger partial charge in [-0.3, -0.25) is 9.59 Å². The fourth-order valence-corrected chi connectivity index (χ4v) is 4.26. The van der Waals surface area contributed by atoms with Crippen LogP contribution in [0.2, 0.25) is 0 Å². The van der Waals surface area contributed by atoms with Gasteiger partial charge in [-0.2, -0.15) is 0 Å². The second kappa shape index (κ2) is 9.41. The van der Waals surface area contributed by atoms with E-state index >= 15 is 0 Å². The molecular weight excluding hydrogens is 356 g/mol. The fourth-order valence-electron chi connectivity index (χ4n) is 4.26. The molecule has 6 heteroatoms. The van der Waals surface area contributed by atoms with Crippen LogP contribution in [0, 0.1) is 5.92 Å². The predicted molar refractivity (Wildman–Crippen MR) is 108 cm³/mol. The second-order valence-corrected chi connectivity index (χ2v) is 7.98. The lowest BCUT2D eigenvalue weighted by Crippen LogP contribution is -2.48. The number of nitrogens with zero attached hydrogens (tertiary/aromatic N) is 1. The topological polar surface area (TPSA) is 67.9 Å². The van der Waals surface area contributed by atoms with E-state index in [2.05, 4.69) is 12.2 Å². The number of ether oxygens (including phenoxy) is 2. The highest BCUT2D eigenvalue weighted by Crippen LogP contribution is 2.36. The maximum atomic E-state index is 13.0. The highest BCUT2D eigenvalue weighted by atomic mass is 16.5. The maximum Gasteiger partial charge on any atom is 0.260 e. The molecule has 2 amide bonds. The first-order valence-corrected chi connectivity index (χ1v) is 10.5. The summed E-state index contributed by atoms with van der Waals surface area (Å²) in [6, 6.07) is 7.17. The summed E-state index contributed by atoms with van der Waals surface area (Å²) in [4.78, 5) is 26.9. The number of carbonyl (C=O) groups is 2. The van der Waals surface area contributed by atoms with Crippen molar-refractivity contribution in [2.24, 2.45) is 5.92 Å². The Morgan fingerprint density at radius 2 is 1.89 bits per heavy atom. The molecule has 2 aliphatic rings. The third kappa shape index (κ3) is 5.04. The van der Waals surface area contributed by atoms with E-state index in [0.29, 0.717) is 24.0 Å². The van der Waals surface area contributed by atoms with Crippen molar-refractivity contribution in [3.05, 3.63) is 24.3 Å². The lowest BCUT2D eigenvalue weighted by atomic mass is 9.78. The highest BCUT2D eigenvalue weighted by molar-refractivity contribution is 5.97. The lowest BCUT2D eigenvalue weighted by Gasteiger charge is -2.38. The Balaban J connectivity index is 1.55. The van der Waals surface area contributed by atoms with Crippen LogP contribution in [-0.4, -0.2) is 48.6 Å². The second-order valence-electron chi connectivity index (χ2n) is 7.98.